The molecule has 12 heteroatoms. The van der Waals surface area contributed by atoms with Crippen molar-refractivity contribution in [1.82, 2.24) is 30.1 Å². The molecule has 5 rings (SSSR count). The standard InChI is InChI=1S/C23H26ClN7O4/c1-15(32)25-8-10-35-20-7-4-6-16(21(20)24)31-19-12-34-14-30(18(19)11-27-31)28-23(33)22-17-5-2-3-9-29(17)13-26-22/h4,6-7,11,13H,2-3,5,8-10,12,14H2,1H3,(H,25,32)(H,28,33). The quantitative estimate of drug-likeness (QED) is 0.479. The predicted molar refractivity (Wildman–Crippen MR) is 128 cm³/mol. The maximum Gasteiger partial charge on any atom is 0.290 e. The van der Waals surface area contributed by atoms with E-state index in [1.54, 1.807) is 28.3 Å². The summed E-state index contributed by atoms with van der Waals surface area (Å²) >= 11 is 6.63. The summed E-state index contributed by atoms with van der Waals surface area (Å²) in [6.07, 6.45) is 6.38. The molecular formula is C23H26ClN7O4. The van der Waals surface area contributed by atoms with Gasteiger partial charge in [-0.25, -0.2) is 9.67 Å². The number of ether oxygens (including phenoxy) is 2. The van der Waals surface area contributed by atoms with E-state index in [1.165, 1.54) is 6.92 Å². The van der Waals surface area contributed by atoms with Gasteiger partial charge < -0.3 is 19.4 Å². The summed E-state index contributed by atoms with van der Waals surface area (Å²) in [5.41, 5.74) is 6.38. The summed E-state index contributed by atoms with van der Waals surface area (Å²) in [5.74, 6) is 0.0729. The highest BCUT2D eigenvalue weighted by Crippen LogP contribution is 2.34. The zero-order valence-corrected chi connectivity index (χ0v) is 20.0. The number of hydrazine groups is 1. The molecule has 0 radical (unpaired) electrons. The second-order valence-corrected chi connectivity index (χ2v) is 8.72. The Labute approximate surface area is 206 Å². The molecule has 2 aromatic heterocycles. The minimum Gasteiger partial charge on any atom is -0.490 e. The van der Waals surface area contributed by atoms with Gasteiger partial charge in [-0.1, -0.05) is 17.7 Å². The van der Waals surface area contributed by atoms with Crippen molar-refractivity contribution in [2.45, 2.75) is 39.3 Å². The summed E-state index contributed by atoms with van der Waals surface area (Å²) in [4.78, 5) is 28.4. The zero-order valence-electron chi connectivity index (χ0n) is 19.3. The third kappa shape index (κ3) is 4.69. The van der Waals surface area contributed by atoms with E-state index >= 15 is 0 Å². The summed E-state index contributed by atoms with van der Waals surface area (Å²) in [6.45, 7) is 3.46. The first-order chi connectivity index (χ1) is 17.0. The minimum atomic E-state index is -0.280. The highest BCUT2D eigenvalue weighted by molar-refractivity contribution is 6.33. The van der Waals surface area contributed by atoms with E-state index in [0.717, 1.165) is 37.2 Å². The Hall–Kier alpha value is -3.57. The molecule has 0 unspecified atom stereocenters. The highest BCUT2D eigenvalue weighted by atomic mass is 35.5. The zero-order chi connectivity index (χ0) is 24.4. The molecule has 0 fully saturated rings. The van der Waals surface area contributed by atoms with Gasteiger partial charge in [0.25, 0.3) is 5.91 Å². The fraction of sp³-hybridized carbons (Fsp3) is 0.391. The Morgan fingerprint density at radius 3 is 2.97 bits per heavy atom. The van der Waals surface area contributed by atoms with Gasteiger partial charge in [-0.2, -0.15) is 5.10 Å². The highest BCUT2D eigenvalue weighted by Gasteiger charge is 2.28. The van der Waals surface area contributed by atoms with E-state index in [4.69, 9.17) is 21.1 Å². The predicted octanol–water partition coefficient (Wildman–Crippen LogP) is 2.21. The number of rotatable bonds is 7. The Kier molecular flexibility index (Phi) is 6.60. The van der Waals surface area contributed by atoms with Crippen molar-refractivity contribution >= 4 is 29.1 Å². The van der Waals surface area contributed by atoms with E-state index in [0.29, 0.717) is 41.0 Å². The van der Waals surface area contributed by atoms with Crippen LogP contribution in [-0.2, 0) is 29.1 Å². The number of hydrogen-bond acceptors (Lipinski definition) is 7. The monoisotopic (exact) mass is 499 g/mol. The molecule has 11 nitrogen and oxygen atoms in total. The van der Waals surface area contributed by atoms with Crippen LogP contribution in [0.25, 0.3) is 5.69 Å². The molecule has 2 amide bonds. The topological polar surface area (TPSA) is 116 Å². The van der Waals surface area contributed by atoms with Gasteiger partial charge in [0.05, 0.1) is 42.8 Å². The van der Waals surface area contributed by atoms with Crippen LogP contribution in [0.2, 0.25) is 5.02 Å². The second-order valence-electron chi connectivity index (χ2n) is 8.35. The molecule has 0 spiro atoms. The number of amides is 2. The fourth-order valence-corrected chi connectivity index (χ4v) is 4.55. The number of nitrogens with one attached hydrogen (secondary N) is 2. The lowest BCUT2D eigenvalue weighted by atomic mass is 10.1. The summed E-state index contributed by atoms with van der Waals surface area (Å²) < 4.78 is 15.2. The molecule has 0 saturated carbocycles. The molecule has 0 bridgehead atoms. The molecule has 35 heavy (non-hydrogen) atoms. The third-order valence-corrected chi connectivity index (χ3v) is 6.34. The van der Waals surface area contributed by atoms with E-state index in [9.17, 15) is 9.59 Å². The van der Waals surface area contributed by atoms with Crippen molar-refractivity contribution in [2.24, 2.45) is 0 Å². The van der Waals surface area contributed by atoms with E-state index in [2.05, 4.69) is 20.8 Å². The van der Waals surface area contributed by atoms with Crippen LogP contribution in [0.1, 0.15) is 41.6 Å². The lowest BCUT2D eigenvalue weighted by Crippen LogP contribution is -2.46. The molecular weight excluding hydrogens is 474 g/mol. The largest absolute Gasteiger partial charge is 0.490 e. The van der Waals surface area contributed by atoms with Crippen LogP contribution >= 0.6 is 11.6 Å². The molecule has 2 aliphatic heterocycles. The van der Waals surface area contributed by atoms with Crippen LogP contribution in [0.3, 0.4) is 0 Å². The number of benzene rings is 1. The van der Waals surface area contributed by atoms with Crippen LogP contribution in [0.4, 0.5) is 5.69 Å². The first-order valence-electron chi connectivity index (χ1n) is 11.5. The molecule has 184 valence electrons. The van der Waals surface area contributed by atoms with Crippen LogP contribution in [0, 0.1) is 0 Å². The van der Waals surface area contributed by atoms with Gasteiger partial charge in [0, 0.05) is 13.5 Å². The molecule has 2 N–H and O–H groups in total. The number of carbonyl (C=O) groups is 2. The Bertz CT molecular complexity index is 1250. The van der Waals surface area contributed by atoms with Gasteiger partial charge in [0.2, 0.25) is 5.91 Å². The number of imidazole rings is 1. The average Bonchev–Trinajstić information content (AvgIpc) is 3.48. The SMILES string of the molecule is CC(=O)NCCOc1cccc(-n2ncc3c2COCN3NC(=O)c2ncn3c2CCCC3)c1Cl. The molecule has 3 aromatic rings. The summed E-state index contributed by atoms with van der Waals surface area (Å²) in [7, 11) is 0. The number of aryl methyl sites for hydroxylation is 1. The first-order valence-corrected chi connectivity index (χ1v) is 11.8. The average molecular weight is 500 g/mol. The number of anilines is 1. The molecule has 0 saturated heterocycles. The van der Waals surface area contributed by atoms with Gasteiger partial charge >= 0.3 is 0 Å². The number of aromatic nitrogens is 4. The summed E-state index contributed by atoms with van der Waals surface area (Å²) in [6, 6.07) is 5.39. The fourth-order valence-electron chi connectivity index (χ4n) is 4.29. The van der Waals surface area contributed by atoms with Crippen molar-refractivity contribution in [1.29, 1.82) is 0 Å². The number of halogens is 1. The Morgan fingerprint density at radius 2 is 2.11 bits per heavy atom. The van der Waals surface area contributed by atoms with Crippen molar-refractivity contribution < 1.29 is 19.1 Å². The Morgan fingerprint density at radius 1 is 1.23 bits per heavy atom. The molecule has 4 heterocycles. The molecule has 0 atom stereocenters. The number of nitrogens with zero attached hydrogens (tertiary/aromatic N) is 5. The van der Waals surface area contributed by atoms with E-state index < -0.39 is 0 Å². The third-order valence-electron chi connectivity index (χ3n) is 5.96. The normalized spacial score (nSPS) is 14.7. The van der Waals surface area contributed by atoms with E-state index in [-0.39, 0.29) is 25.2 Å². The maximum atomic E-state index is 13.0. The van der Waals surface area contributed by atoms with Gasteiger partial charge in [-0.15, -0.1) is 0 Å². The van der Waals surface area contributed by atoms with Crippen LogP contribution < -0.4 is 20.5 Å². The van der Waals surface area contributed by atoms with Gasteiger partial charge in [-0.3, -0.25) is 20.0 Å². The molecule has 1 aromatic carbocycles. The Balaban J connectivity index is 1.34. The van der Waals surface area contributed by atoms with E-state index in [1.807, 2.05) is 16.7 Å². The van der Waals surface area contributed by atoms with Gasteiger partial charge in [0.15, 0.2) is 5.69 Å². The van der Waals surface area contributed by atoms with Crippen molar-refractivity contribution in [3.8, 4) is 11.4 Å². The smallest absolute Gasteiger partial charge is 0.290 e. The molecule has 2 aliphatic rings. The van der Waals surface area contributed by atoms with Gasteiger partial charge in [0.1, 0.15) is 29.8 Å². The number of fused-ring (bicyclic) bond motifs is 2. The lowest BCUT2D eigenvalue weighted by Gasteiger charge is -2.29. The number of carbonyl (C=O) groups excluding carboxylic acids is 2. The first kappa shape index (κ1) is 23.2. The van der Waals surface area contributed by atoms with Crippen molar-refractivity contribution in [3.05, 3.63) is 52.8 Å². The van der Waals surface area contributed by atoms with Crippen molar-refractivity contribution in [3.63, 3.8) is 0 Å². The van der Waals surface area contributed by atoms with Crippen LogP contribution in [-0.4, -0.2) is 51.0 Å². The summed E-state index contributed by atoms with van der Waals surface area (Å²) in [5, 5.41) is 9.19. The minimum absolute atomic E-state index is 0.124. The number of hydrogen-bond donors (Lipinski definition) is 2. The van der Waals surface area contributed by atoms with Crippen LogP contribution in [0.15, 0.2) is 30.7 Å². The van der Waals surface area contributed by atoms with Crippen molar-refractivity contribution in [2.75, 3.05) is 24.9 Å². The second kappa shape index (κ2) is 9.96. The lowest BCUT2D eigenvalue weighted by molar-refractivity contribution is -0.119. The maximum absolute atomic E-state index is 13.0. The molecule has 0 aliphatic carbocycles. The van der Waals surface area contributed by atoms with Crippen LogP contribution in [0.5, 0.6) is 5.75 Å². The van der Waals surface area contributed by atoms with Gasteiger partial charge in [-0.05, 0) is 31.4 Å².